The largest absolute Gasteiger partial charge is 0.357 e. The molecule has 164 valence electrons. The minimum absolute atomic E-state index is 0.455. The van der Waals surface area contributed by atoms with E-state index in [1.807, 2.05) is 6.20 Å². The van der Waals surface area contributed by atoms with Gasteiger partial charge in [-0.1, -0.05) is 48.0 Å². The SMILES string of the molecule is C/C=C1\CN2CCc3c([nH]c4ccccc34)[C@@H]2C[C@@H]1Cc1nccc2c1[nH]c1ccccc12. The number of H-pyrrole nitrogens is 2. The Morgan fingerprint density at radius 2 is 1.76 bits per heavy atom. The van der Waals surface area contributed by atoms with Gasteiger partial charge in [-0.05, 0) is 55.9 Å². The molecule has 2 aliphatic heterocycles. The lowest BCUT2D eigenvalue weighted by molar-refractivity contribution is 0.138. The molecule has 5 aromatic rings. The van der Waals surface area contributed by atoms with Crippen LogP contribution in [0.4, 0.5) is 0 Å². The highest BCUT2D eigenvalue weighted by molar-refractivity contribution is 6.07. The molecule has 4 nitrogen and oxygen atoms in total. The minimum atomic E-state index is 0.455. The second-order valence-electron chi connectivity index (χ2n) is 9.65. The molecule has 0 unspecified atom stereocenters. The van der Waals surface area contributed by atoms with Crippen molar-refractivity contribution in [3.8, 4) is 0 Å². The first-order valence-corrected chi connectivity index (χ1v) is 12.1. The maximum Gasteiger partial charge on any atom is 0.0684 e. The fourth-order valence-corrected chi connectivity index (χ4v) is 6.37. The molecular formula is C29H28N4. The standard InChI is InChI=1S/C29H28N4/c1-2-18-17-33-14-12-23-21-8-4-6-10-25(21)32-29(23)27(33)16-19(18)15-26-28-22(11-13-30-26)20-7-3-5-9-24(20)31-28/h2-11,13,19,27,31-32H,12,14-17H2,1H3/b18-2+/t19-,27-/m0/s1. The van der Waals surface area contributed by atoms with E-state index in [1.165, 1.54) is 49.7 Å². The van der Waals surface area contributed by atoms with E-state index in [9.17, 15) is 0 Å². The first kappa shape index (κ1) is 19.1. The molecule has 1 saturated heterocycles. The monoisotopic (exact) mass is 432 g/mol. The number of aromatic nitrogens is 3. The molecule has 0 bridgehead atoms. The summed E-state index contributed by atoms with van der Waals surface area (Å²) in [6, 6.07) is 20.0. The molecule has 2 aromatic carbocycles. The molecule has 4 heteroatoms. The maximum absolute atomic E-state index is 4.87. The van der Waals surface area contributed by atoms with E-state index in [0.717, 1.165) is 32.4 Å². The normalized spacial score (nSPS) is 22.3. The zero-order valence-corrected chi connectivity index (χ0v) is 18.9. The number of pyridine rings is 1. The van der Waals surface area contributed by atoms with Gasteiger partial charge in [0.15, 0.2) is 0 Å². The van der Waals surface area contributed by atoms with E-state index in [0.29, 0.717) is 12.0 Å². The van der Waals surface area contributed by atoms with Crippen molar-refractivity contribution in [1.82, 2.24) is 19.9 Å². The van der Waals surface area contributed by atoms with Gasteiger partial charge >= 0.3 is 0 Å². The maximum atomic E-state index is 4.87. The fraction of sp³-hybridized carbons (Fsp3) is 0.276. The molecule has 0 amide bonds. The summed E-state index contributed by atoms with van der Waals surface area (Å²) in [6.07, 6.45) is 7.58. The van der Waals surface area contributed by atoms with Crippen LogP contribution in [0.15, 0.2) is 72.4 Å². The van der Waals surface area contributed by atoms with E-state index in [1.54, 1.807) is 5.57 Å². The van der Waals surface area contributed by atoms with E-state index < -0.39 is 0 Å². The number of hydrogen-bond acceptors (Lipinski definition) is 2. The molecule has 3 aromatic heterocycles. The highest BCUT2D eigenvalue weighted by Crippen LogP contribution is 2.44. The van der Waals surface area contributed by atoms with Crippen LogP contribution in [-0.2, 0) is 12.8 Å². The summed E-state index contributed by atoms with van der Waals surface area (Å²) >= 11 is 0. The first-order valence-electron chi connectivity index (χ1n) is 12.1. The Morgan fingerprint density at radius 3 is 2.61 bits per heavy atom. The number of allylic oxidation sites excluding steroid dienone is 1. The van der Waals surface area contributed by atoms with Crippen molar-refractivity contribution in [2.24, 2.45) is 5.92 Å². The van der Waals surface area contributed by atoms with E-state index in [-0.39, 0.29) is 0 Å². The van der Waals surface area contributed by atoms with Gasteiger partial charge in [0.05, 0.1) is 17.3 Å². The van der Waals surface area contributed by atoms with Crippen molar-refractivity contribution in [3.63, 3.8) is 0 Å². The van der Waals surface area contributed by atoms with Crippen molar-refractivity contribution in [1.29, 1.82) is 0 Å². The van der Waals surface area contributed by atoms with Gasteiger partial charge in [-0.25, -0.2) is 0 Å². The zero-order valence-electron chi connectivity index (χ0n) is 18.9. The van der Waals surface area contributed by atoms with Gasteiger partial charge in [-0.15, -0.1) is 0 Å². The summed E-state index contributed by atoms with van der Waals surface area (Å²) in [7, 11) is 0. The molecule has 0 saturated carbocycles. The number of nitrogens with zero attached hydrogens (tertiary/aromatic N) is 2. The summed E-state index contributed by atoms with van der Waals surface area (Å²) in [6.45, 7) is 4.40. The third-order valence-electron chi connectivity index (χ3n) is 8.00. The fourth-order valence-electron chi connectivity index (χ4n) is 6.37. The van der Waals surface area contributed by atoms with E-state index in [2.05, 4.69) is 82.5 Å². The van der Waals surface area contributed by atoms with Crippen LogP contribution >= 0.6 is 0 Å². The quantitative estimate of drug-likeness (QED) is 0.321. The number of piperidine rings is 1. The molecule has 1 fully saturated rings. The van der Waals surface area contributed by atoms with Crippen molar-refractivity contribution in [2.45, 2.75) is 32.2 Å². The molecule has 0 spiro atoms. The summed E-state index contributed by atoms with van der Waals surface area (Å²) in [5, 5.41) is 3.97. The number of rotatable bonds is 2. The number of aromatic amines is 2. The second-order valence-corrected chi connectivity index (χ2v) is 9.65. The second kappa shape index (κ2) is 7.32. The van der Waals surface area contributed by atoms with Crippen molar-refractivity contribution < 1.29 is 0 Å². The van der Waals surface area contributed by atoms with Crippen molar-refractivity contribution in [2.75, 3.05) is 13.1 Å². The van der Waals surface area contributed by atoms with Gasteiger partial charge < -0.3 is 9.97 Å². The first-order chi connectivity index (χ1) is 16.3. The predicted molar refractivity (Wildman–Crippen MR) is 135 cm³/mol. The lowest BCUT2D eigenvalue weighted by Crippen LogP contribution is -2.43. The van der Waals surface area contributed by atoms with E-state index in [4.69, 9.17) is 4.98 Å². The Labute approximate surface area is 193 Å². The molecule has 0 radical (unpaired) electrons. The van der Waals surface area contributed by atoms with Gasteiger partial charge in [-0.3, -0.25) is 9.88 Å². The van der Waals surface area contributed by atoms with Crippen LogP contribution in [-0.4, -0.2) is 32.9 Å². The number of fused-ring (bicyclic) bond motifs is 8. The van der Waals surface area contributed by atoms with Gasteiger partial charge in [0.1, 0.15) is 0 Å². The number of nitrogens with one attached hydrogen (secondary N) is 2. The van der Waals surface area contributed by atoms with Crippen molar-refractivity contribution >= 4 is 32.7 Å². The average Bonchev–Trinajstić information content (AvgIpc) is 3.43. The molecule has 2 atom stereocenters. The lowest BCUT2D eigenvalue weighted by atomic mass is 9.79. The smallest absolute Gasteiger partial charge is 0.0684 e. The summed E-state index contributed by atoms with van der Waals surface area (Å²) in [5.74, 6) is 0.498. The van der Waals surface area contributed by atoms with Crippen LogP contribution in [0.3, 0.4) is 0 Å². The number of hydrogen-bond donors (Lipinski definition) is 2. The number of para-hydroxylation sites is 2. The summed E-state index contributed by atoms with van der Waals surface area (Å²) in [5.41, 5.74) is 9.39. The zero-order chi connectivity index (χ0) is 21.9. The average molecular weight is 433 g/mol. The van der Waals surface area contributed by atoms with Crippen molar-refractivity contribution in [3.05, 3.63) is 89.4 Å². The minimum Gasteiger partial charge on any atom is -0.357 e. The van der Waals surface area contributed by atoms with Gasteiger partial charge in [-0.2, -0.15) is 0 Å². The van der Waals surface area contributed by atoms with Crippen LogP contribution in [0.2, 0.25) is 0 Å². The van der Waals surface area contributed by atoms with E-state index >= 15 is 0 Å². The molecule has 2 N–H and O–H groups in total. The van der Waals surface area contributed by atoms with Crippen LogP contribution in [0.1, 0.15) is 36.3 Å². The number of benzene rings is 2. The Bertz CT molecular complexity index is 1540. The Morgan fingerprint density at radius 1 is 0.970 bits per heavy atom. The van der Waals surface area contributed by atoms with Crippen LogP contribution in [0.5, 0.6) is 0 Å². The summed E-state index contributed by atoms with van der Waals surface area (Å²) in [4.78, 5) is 15.0. The third-order valence-corrected chi connectivity index (χ3v) is 8.00. The molecule has 0 aliphatic carbocycles. The Hall–Kier alpha value is -3.37. The van der Waals surface area contributed by atoms with Crippen LogP contribution < -0.4 is 0 Å². The molecule has 2 aliphatic rings. The third kappa shape index (κ3) is 2.90. The molecular weight excluding hydrogens is 404 g/mol. The Kier molecular flexibility index (Phi) is 4.25. The lowest BCUT2D eigenvalue weighted by Gasteiger charge is -2.43. The van der Waals surface area contributed by atoms with Crippen LogP contribution in [0, 0.1) is 5.92 Å². The van der Waals surface area contributed by atoms with Gasteiger partial charge in [0.2, 0.25) is 0 Å². The van der Waals surface area contributed by atoms with Gasteiger partial charge in [0.25, 0.3) is 0 Å². The Balaban J connectivity index is 1.28. The topological polar surface area (TPSA) is 47.7 Å². The van der Waals surface area contributed by atoms with Crippen LogP contribution in [0.25, 0.3) is 32.7 Å². The molecule has 7 rings (SSSR count). The van der Waals surface area contributed by atoms with Gasteiger partial charge in [0, 0.05) is 52.2 Å². The molecule has 5 heterocycles. The highest BCUT2D eigenvalue weighted by Gasteiger charge is 2.37. The molecule has 33 heavy (non-hydrogen) atoms. The predicted octanol–water partition coefficient (Wildman–Crippen LogP) is 6.31. The summed E-state index contributed by atoms with van der Waals surface area (Å²) < 4.78 is 0. The highest BCUT2D eigenvalue weighted by atomic mass is 15.2.